The van der Waals surface area contributed by atoms with Crippen molar-refractivity contribution >= 4 is 30.0 Å². The lowest BCUT2D eigenvalue weighted by Crippen LogP contribution is -2.38. The molecule has 1 aromatic carbocycles. The van der Waals surface area contributed by atoms with E-state index in [0.717, 1.165) is 31.7 Å². The first-order chi connectivity index (χ1) is 10.1. The van der Waals surface area contributed by atoms with Gasteiger partial charge in [0.15, 0.2) is 0 Å². The first-order valence-electron chi connectivity index (χ1n) is 7.37. The molecule has 1 N–H and O–H groups in total. The van der Waals surface area contributed by atoms with Crippen molar-refractivity contribution in [2.75, 3.05) is 33.8 Å². The van der Waals surface area contributed by atoms with Gasteiger partial charge in [-0.1, -0.05) is 11.6 Å². The minimum Gasteiger partial charge on any atom is -0.465 e. The van der Waals surface area contributed by atoms with Crippen LogP contribution in [0.15, 0.2) is 18.2 Å². The lowest BCUT2D eigenvalue weighted by molar-refractivity contribution is 0.0600. The number of rotatable bonds is 5. The molecule has 1 aliphatic heterocycles. The molecule has 1 saturated heterocycles. The van der Waals surface area contributed by atoms with E-state index in [1.165, 1.54) is 20.0 Å². The number of hydrogen-bond donors (Lipinski definition) is 1. The molecule has 1 fully saturated rings. The van der Waals surface area contributed by atoms with Crippen molar-refractivity contribution < 1.29 is 9.53 Å². The van der Waals surface area contributed by atoms with Gasteiger partial charge >= 0.3 is 5.97 Å². The van der Waals surface area contributed by atoms with Crippen molar-refractivity contribution in [2.24, 2.45) is 5.92 Å². The monoisotopic (exact) mass is 346 g/mol. The zero-order valence-corrected chi connectivity index (χ0v) is 14.7. The fourth-order valence-corrected chi connectivity index (χ4v) is 3.11. The highest BCUT2D eigenvalue weighted by atomic mass is 35.5. The molecule has 0 bridgehead atoms. The fourth-order valence-electron chi connectivity index (χ4n) is 2.93. The van der Waals surface area contributed by atoms with Gasteiger partial charge in [0.2, 0.25) is 0 Å². The van der Waals surface area contributed by atoms with Crippen molar-refractivity contribution in [1.29, 1.82) is 0 Å². The SMILES string of the molecule is CNCC1CCCN(Cc2cc(C(=O)OC)ccc2Cl)C1.Cl. The number of hydrogen-bond acceptors (Lipinski definition) is 4. The Labute approximate surface area is 143 Å². The summed E-state index contributed by atoms with van der Waals surface area (Å²) in [5.74, 6) is 0.367. The van der Waals surface area contributed by atoms with Gasteiger partial charge < -0.3 is 10.1 Å². The van der Waals surface area contributed by atoms with Crippen molar-refractivity contribution in [3.8, 4) is 0 Å². The Balaban J connectivity index is 0.00000242. The van der Waals surface area contributed by atoms with Gasteiger partial charge in [-0.2, -0.15) is 0 Å². The van der Waals surface area contributed by atoms with Gasteiger partial charge in [0.25, 0.3) is 0 Å². The minimum atomic E-state index is -0.320. The number of benzene rings is 1. The van der Waals surface area contributed by atoms with Crippen LogP contribution in [0.5, 0.6) is 0 Å². The maximum absolute atomic E-state index is 11.6. The van der Waals surface area contributed by atoms with Gasteiger partial charge in [0.05, 0.1) is 12.7 Å². The van der Waals surface area contributed by atoms with Crippen LogP contribution < -0.4 is 5.32 Å². The standard InChI is InChI=1S/C16H23ClN2O2.ClH/c1-18-9-12-4-3-7-19(10-12)11-14-8-13(16(20)21-2)5-6-15(14)17;/h5-6,8,12,18H,3-4,7,9-11H2,1-2H3;1H. The second-order valence-electron chi connectivity index (χ2n) is 5.60. The molecule has 22 heavy (non-hydrogen) atoms. The van der Waals surface area contributed by atoms with E-state index < -0.39 is 0 Å². The fraction of sp³-hybridized carbons (Fsp3) is 0.562. The van der Waals surface area contributed by atoms with Crippen molar-refractivity contribution in [2.45, 2.75) is 19.4 Å². The van der Waals surface area contributed by atoms with Gasteiger partial charge in [-0.3, -0.25) is 4.90 Å². The van der Waals surface area contributed by atoms with Crippen molar-refractivity contribution in [3.63, 3.8) is 0 Å². The Morgan fingerprint density at radius 2 is 2.27 bits per heavy atom. The molecule has 0 radical (unpaired) electrons. The number of halogens is 2. The number of piperidine rings is 1. The molecule has 1 atom stereocenters. The van der Waals surface area contributed by atoms with Gasteiger partial charge in [0, 0.05) is 18.1 Å². The van der Waals surface area contributed by atoms with Crippen LogP contribution in [-0.4, -0.2) is 44.7 Å². The highest BCUT2D eigenvalue weighted by Gasteiger charge is 2.20. The second-order valence-corrected chi connectivity index (χ2v) is 6.01. The van der Waals surface area contributed by atoms with E-state index in [2.05, 4.69) is 10.2 Å². The van der Waals surface area contributed by atoms with Crippen molar-refractivity contribution in [1.82, 2.24) is 10.2 Å². The summed E-state index contributed by atoms with van der Waals surface area (Å²) in [4.78, 5) is 14.0. The molecule has 1 aliphatic rings. The zero-order valence-electron chi connectivity index (χ0n) is 13.1. The summed E-state index contributed by atoms with van der Waals surface area (Å²) in [6.45, 7) is 3.98. The third-order valence-corrected chi connectivity index (χ3v) is 4.33. The summed E-state index contributed by atoms with van der Waals surface area (Å²) in [6.07, 6.45) is 2.48. The summed E-state index contributed by atoms with van der Waals surface area (Å²) in [7, 11) is 3.39. The first-order valence-corrected chi connectivity index (χ1v) is 7.75. The molecule has 1 heterocycles. The van der Waals surface area contributed by atoms with Crippen LogP contribution in [0.3, 0.4) is 0 Å². The smallest absolute Gasteiger partial charge is 0.337 e. The lowest BCUT2D eigenvalue weighted by atomic mass is 9.97. The van der Waals surface area contributed by atoms with E-state index in [9.17, 15) is 4.79 Å². The van der Waals surface area contributed by atoms with Crippen LogP contribution in [0.1, 0.15) is 28.8 Å². The number of nitrogens with zero attached hydrogens (tertiary/aromatic N) is 1. The third-order valence-electron chi connectivity index (χ3n) is 3.96. The van der Waals surface area contributed by atoms with Crippen LogP contribution in [0.4, 0.5) is 0 Å². The number of carbonyl (C=O) groups excluding carboxylic acids is 1. The predicted octanol–water partition coefficient (Wildman–Crippen LogP) is 2.98. The van der Waals surface area contributed by atoms with Gasteiger partial charge in [0.1, 0.15) is 0 Å². The number of esters is 1. The molecule has 0 spiro atoms. The van der Waals surface area contributed by atoms with Crippen LogP contribution in [0, 0.1) is 5.92 Å². The van der Waals surface area contributed by atoms with E-state index in [0.29, 0.717) is 16.5 Å². The Morgan fingerprint density at radius 3 is 2.95 bits per heavy atom. The zero-order chi connectivity index (χ0) is 15.2. The molecule has 4 nitrogen and oxygen atoms in total. The molecular formula is C16H24Cl2N2O2. The van der Waals surface area contributed by atoms with Crippen LogP contribution >= 0.6 is 24.0 Å². The summed E-state index contributed by atoms with van der Waals surface area (Å²) in [6, 6.07) is 5.33. The number of carbonyl (C=O) groups is 1. The Kier molecular flexibility index (Phi) is 8.18. The van der Waals surface area contributed by atoms with Gasteiger partial charge in [-0.25, -0.2) is 4.79 Å². The summed E-state index contributed by atoms with van der Waals surface area (Å²) >= 11 is 6.27. The Bertz CT molecular complexity index is 495. The number of ether oxygens (including phenoxy) is 1. The predicted molar refractivity (Wildman–Crippen MR) is 92.0 cm³/mol. The Hall–Kier alpha value is -0.810. The highest BCUT2D eigenvalue weighted by Crippen LogP contribution is 2.23. The van der Waals surface area contributed by atoms with E-state index in [4.69, 9.17) is 16.3 Å². The first kappa shape index (κ1) is 19.2. The molecule has 6 heteroatoms. The number of methoxy groups -OCH3 is 1. The van der Waals surface area contributed by atoms with Crippen LogP contribution in [0.2, 0.25) is 5.02 Å². The molecule has 0 saturated carbocycles. The molecule has 2 rings (SSSR count). The molecule has 0 amide bonds. The summed E-state index contributed by atoms with van der Waals surface area (Å²) in [5, 5.41) is 3.96. The molecule has 1 aromatic rings. The second kappa shape index (κ2) is 9.36. The third kappa shape index (κ3) is 5.13. The van der Waals surface area contributed by atoms with Gasteiger partial charge in [-0.05, 0) is 62.7 Å². The van der Waals surface area contributed by atoms with Crippen molar-refractivity contribution in [3.05, 3.63) is 34.3 Å². The largest absolute Gasteiger partial charge is 0.465 e. The average molecular weight is 347 g/mol. The van der Waals surface area contributed by atoms with E-state index in [1.807, 2.05) is 13.1 Å². The molecule has 0 aromatic heterocycles. The highest BCUT2D eigenvalue weighted by molar-refractivity contribution is 6.31. The molecule has 124 valence electrons. The number of likely N-dealkylation sites (tertiary alicyclic amines) is 1. The topological polar surface area (TPSA) is 41.6 Å². The van der Waals surface area contributed by atoms with E-state index in [1.54, 1.807) is 12.1 Å². The van der Waals surface area contributed by atoms with Crippen LogP contribution in [0.25, 0.3) is 0 Å². The summed E-state index contributed by atoms with van der Waals surface area (Å²) in [5.41, 5.74) is 1.55. The number of nitrogens with one attached hydrogen (secondary N) is 1. The Morgan fingerprint density at radius 1 is 1.50 bits per heavy atom. The van der Waals surface area contributed by atoms with Crippen LogP contribution in [-0.2, 0) is 11.3 Å². The normalized spacial score (nSPS) is 18.6. The van der Waals surface area contributed by atoms with E-state index in [-0.39, 0.29) is 18.4 Å². The minimum absolute atomic E-state index is 0. The summed E-state index contributed by atoms with van der Waals surface area (Å²) < 4.78 is 4.77. The van der Waals surface area contributed by atoms with Gasteiger partial charge in [-0.15, -0.1) is 12.4 Å². The molecule has 0 aliphatic carbocycles. The maximum Gasteiger partial charge on any atom is 0.337 e. The van der Waals surface area contributed by atoms with E-state index >= 15 is 0 Å². The average Bonchev–Trinajstić information content (AvgIpc) is 2.49. The lowest BCUT2D eigenvalue weighted by Gasteiger charge is -2.32. The maximum atomic E-state index is 11.6. The molecular weight excluding hydrogens is 323 g/mol. The molecule has 1 unspecified atom stereocenters. The quantitative estimate of drug-likeness (QED) is 0.832.